The molecular formula is C29H31N3. The predicted octanol–water partition coefficient (Wildman–Crippen LogP) is 6.59. The normalized spacial score (nSPS) is 13.8. The summed E-state index contributed by atoms with van der Waals surface area (Å²) in [7, 11) is 0. The molecule has 1 aromatic heterocycles. The van der Waals surface area contributed by atoms with Crippen LogP contribution in [0.25, 0.3) is 10.9 Å². The molecule has 5 rings (SSSR count). The Hall–Kier alpha value is -3.17. The molecule has 0 aliphatic carbocycles. The van der Waals surface area contributed by atoms with Crippen LogP contribution >= 0.6 is 0 Å². The fourth-order valence-electron chi connectivity index (χ4n) is 4.75. The number of hydrogen-bond acceptors (Lipinski definition) is 3. The second kappa shape index (κ2) is 9.13. The van der Waals surface area contributed by atoms with Gasteiger partial charge in [-0.25, -0.2) is 0 Å². The van der Waals surface area contributed by atoms with E-state index >= 15 is 0 Å². The number of anilines is 2. The predicted molar refractivity (Wildman–Crippen MR) is 135 cm³/mol. The van der Waals surface area contributed by atoms with Gasteiger partial charge in [0.15, 0.2) is 0 Å². The number of hydrogen-bond donors (Lipinski definition) is 1. The number of nitrogens with one attached hydrogen (secondary N) is 1. The Morgan fingerprint density at radius 1 is 0.906 bits per heavy atom. The number of pyridine rings is 1. The summed E-state index contributed by atoms with van der Waals surface area (Å²) >= 11 is 0. The van der Waals surface area contributed by atoms with E-state index in [1.807, 2.05) is 6.07 Å². The fourth-order valence-corrected chi connectivity index (χ4v) is 4.75. The molecule has 3 aromatic carbocycles. The highest BCUT2D eigenvalue weighted by Crippen LogP contribution is 2.26. The van der Waals surface area contributed by atoms with Gasteiger partial charge in [-0.1, -0.05) is 48.5 Å². The van der Waals surface area contributed by atoms with Crippen LogP contribution in [-0.4, -0.2) is 23.0 Å². The average Bonchev–Trinajstić information content (AvgIpc) is 2.81. The molecule has 0 bridgehead atoms. The summed E-state index contributed by atoms with van der Waals surface area (Å²) in [5.74, 6) is 0. The third-order valence-corrected chi connectivity index (χ3v) is 6.67. The van der Waals surface area contributed by atoms with Crippen LogP contribution in [0.4, 0.5) is 11.4 Å². The summed E-state index contributed by atoms with van der Waals surface area (Å²) in [6, 6.07) is 26.1. The number of para-hydroxylation sites is 1. The molecule has 32 heavy (non-hydrogen) atoms. The smallest absolute Gasteiger partial charge is 0.0706 e. The zero-order valence-corrected chi connectivity index (χ0v) is 19.1. The first-order chi connectivity index (χ1) is 15.7. The topological polar surface area (TPSA) is 28.2 Å². The first-order valence-electron chi connectivity index (χ1n) is 11.7. The van der Waals surface area contributed by atoms with Crippen LogP contribution in [0.2, 0.25) is 0 Å². The lowest BCUT2D eigenvalue weighted by molar-refractivity contribution is 0.251. The van der Waals surface area contributed by atoms with E-state index in [0.29, 0.717) is 0 Å². The molecular weight excluding hydrogens is 390 g/mol. The molecule has 0 amide bonds. The molecule has 0 radical (unpaired) electrons. The molecule has 162 valence electrons. The summed E-state index contributed by atoms with van der Waals surface area (Å²) < 4.78 is 0. The van der Waals surface area contributed by atoms with Crippen LogP contribution in [0.3, 0.4) is 0 Å². The minimum atomic E-state index is 1.02. The van der Waals surface area contributed by atoms with Gasteiger partial charge in [-0.15, -0.1) is 0 Å². The van der Waals surface area contributed by atoms with Gasteiger partial charge in [-0.05, 0) is 86.2 Å². The van der Waals surface area contributed by atoms with Crippen molar-refractivity contribution in [3.8, 4) is 0 Å². The quantitative estimate of drug-likeness (QED) is 0.381. The average molecular weight is 422 g/mol. The monoisotopic (exact) mass is 421 g/mol. The van der Waals surface area contributed by atoms with Crippen molar-refractivity contribution in [1.29, 1.82) is 0 Å². The van der Waals surface area contributed by atoms with Gasteiger partial charge in [0.25, 0.3) is 0 Å². The van der Waals surface area contributed by atoms with Crippen molar-refractivity contribution in [3.63, 3.8) is 0 Å². The van der Waals surface area contributed by atoms with Gasteiger partial charge in [0.2, 0.25) is 0 Å². The van der Waals surface area contributed by atoms with E-state index in [1.54, 1.807) is 0 Å². The summed E-state index contributed by atoms with van der Waals surface area (Å²) in [6.45, 7) is 7.70. The Labute approximate surface area is 191 Å². The summed E-state index contributed by atoms with van der Waals surface area (Å²) in [5, 5.41) is 4.77. The van der Waals surface area contributed by atoms with Crippen LogP contribution in [-0.2, 0) is 19.4 Å². The lowest BCUT2D eigenvalue weighted by Crippen LogP contribution is -2.31. The molecule has 2 heterocycles. The standard InChI is InChI=1S/C29H31N3/c1-21-13-14-27(31-29-19-25-9-5-6-12-28(25)30-22(29)2)18-24(21)11-7-16-32-17-15-23-8-3-4-10-26(23)20-32/h3-6,8-10,12-14,18-19,31H,7,11,15-17,20H2,1-2H3. The maximum atomic E-state index is 4.76. The summed E-state index contributed by atoms with van der Waals surface area (Å²) in [6.07, 6.45) is 3.46. The molecule has 4 aromatic rings. The van der Waals surface area contributed by atoms with Crippen LogP contribution in [0.15, 0.2) is 72.8 Å². The van der Waals surface area contributed by atoms with E-state index in [4.69, 9.17) is 4.98 Å². The van der Waals surface area contributed by atoms with Crippen LogP contribution in [0.5, 0.6) is 0 Å². The van der Waals surface area contributed by atoms with Gasteiger partial charge in [0.1, 0.15) is 0 Å². The third kappa shape index (κ3) is 4.53. The second-order valence-corrected chi connectivity index (χ2v) is 8.98. The van der Waals surface area contributed by atoms with Gasteiger partial charge >= 0.3 is 0 Å². The molecule has 3 heteroatoms. The molecule has 0 saturated heterocycles. The van der Waals surface area contributed by atoms with E-state index in [9.17, 15) is 0 Å². The number of fused-ring (bicyclic) bond motifs is 2. The van der Waals surface area contributed by atoms with E-state index in [-0.39, 0.29) is 0 Å². The zero-order chi connectivity index (χ0) is 21.9. The number of nitrogens with zero attached hydrogens (tertiary/aromatic N) is 2. The van der Waals surface area contributed by atoms with Crippen molar-refractivity contribution >= 4 is 22.3 Å². The molecule has 3 nitrogen and oxygen atoms in total. The van der Waals surface area contributed by atoms with Crippen molar-refractivity contribution in [2.45, 2.75) is 39.7 Å². The van der Waals surface area contributed by atoms with Crippen molar-refractivity contribution in [2.75, 3.05) is 18.4 Å². The molecule has 1 aliphatic heterocycles. The first-order valence-corrected chi connectivity index (χ1v) is 11.7. The highest BCUT2D eigenvalue weighted by molar-refractivity contribution is 5.83. The van der Waals surface area contributed by atoms with Crippen molar-refractivity contribution < 1.29 is 0 Å². The molecule has 0 fully saturated rings. The molecule has 0 spiro atoms. The van der Waals surface area contributed by atoms with Gasteiger partial charge in [0.05, 0.1) is 16.9 Å². The van der Waals surface area contributed by atoms with Crippen molar-refractivity contribution in [3.05, 3.63) is 101 Å². The van der Waals surface area contributed by atoms with E-state index in [2.05, 4.69) is 90.8 Å². The molecule has 0 unspecified atom stereocenters. The Balaban J connectivity index is 1.24. The minimum Gasteiger partial charge on any atom is -0.354 e. The second-order valence-electron chi connectivity index (χ2n) is 8.98. The summed E-state index contributed by atoms with van der Waals surface area (Å²) in [4.78, 5) is 7.36. The lowest BCUT2D eigenvalue weighted by Gasteiger charge is -2.28. The maximum absolute atomic E-state index is 4.76. The summed E-state index contributed by atoms with van der Waals surface area (Å²) in [5.41, 5.74) is 10.1. The maximum Gasteiger partial charge on any atom is 0.0706 e. The highest BCUT2D eigenvalue weighted by Gasteiger charge is 2.15. The molecule has 1 aliphatic rings. The highest BCUT2D eigenvalue weighted by atomic mass is 15.1. The van der Waals surface area contributed by atoms with E-state index < -0.39 is 0 Å². The molecule has 1 N–H and O–H groups in total. The van der Waals surface area contributed by atoms with Crippen LogP contribution in [0, 0.1) is 13.8 Å². The van der Waals surface area contributed by atoms with Crippen molar-refractivity contribution in [1.82, 2.24) is 9.88 Å². The Morgan fingerprint density at radius 3 is 2.62 bits per heavy atom. The SMILES string of the molecule is Cc1ccc(Nc2cc3ccccc3nc2C)cc1CCCN1CCc2ccccc2C1. The number of benzene rings is 3. The Kier molecular flexibility index (Phi) is 5.91. The zero-order valence-electron chi connectivity index (χ0n) is 19.1. The number of aromatic nitrogens is 1. The van der Waals surface area contributed by atoms with Crippen molar-refractivity contribution in [2.24, 2.45) is 0 Å². The van der Waals surface area contributed by atoms with Gasteiger partial charge in [0, 0.05) is 24.2 Å². The third-order valence-electron chi connectivity index (χ3n) is 6.67. The van der Waals surface area contributed by atoms with Gasteiger partial charge in [-0.3, -0.25) is 9.88 Å². The van der Waals surface area contributed by atoms with E-state index in [1.165, 1.54) is 41.6 Å². The van der Waals surface area contributed by atoms with E-state index in [0.717, 1.165) is 47.5 Å². The van der Waals surface area contributed by atoms with Crippen LogP contribution in [0.1, 0.15) is 34.4 Å². The molecule has 0 atom stereocenters. The molecule has 0 saturated carbocycles. The Bertz CT molecular complexity index is 1240. The van der Waals surface area contributed by atoms with Gasteiger partial charge in [-0.2, -0.15) is 0 Å². The number of rotatable bonds is 6. The Morgan fingerprint density at radius 2 is 1.72 bits per heavy atom. The van der Waals surface area contributed by atoms with Crippen LogP contribution < -0.4 is 5.32 Å². The number of aryl methyl sites for hydroxylation is 3. The minimum absolute atomic E-state index is 1.02. The largest absolute Gasteiger partial charge is 0.354 e. The van der Waals surface area contributed by atoms with Gasteiger partial charge < -0.3 is 5.32 Å². The lowest BCUT2D eigenvalue weighted by atomic mass is 9.99. The fraction of sp³-hybridized carbons (Fsp3) is 0.276. The first kappa shape index (κ1) is 20.7.